The zero-order valence-corrected chi connectivity index (χ0v) is 8.25. The van der Waals surface area contributed by atoms with Gasteiger partial charge in [-0.2, -0.15) is 0 Å². The fraction of sp³-hybridized carbons (Fsp3) is 0.875. The van der Waals surface area contributed by atoms with E-state index < -0.39 is 0 Å². The molecule has 0 aromatic rings. The normalized spacial score (nSPS) is 24.6. The summed E-state index contributed by atoms with van der Waals surface area (Å²) in [4.78, 5) is 0.874. The average Bonchev–Trinajstić information content (AvgIpc) is 2.32. The van der Waals surface area contributed by atoms with Crippen LogP contribution in [-0.2, 0) is 4.74 Å². The van der Waals surface area contributed by atoms with Gasteiger partial charge in [0.05, 0.1) is 17.6 Å². The lowest BCUT2D eigenvalue weighted by Crippen LogP contribution is -2.44. The number of hydrogen-bond acceptors (Lipinski definition) is 3. The second kappa shape index (κ2) is 5.45. The molecule has 1 rings (SSSR count). The van der Waals surface area contributed by atoms with E-state index >= 15 is 0 Å². The smallest absolute Gasteiger partial charge is 0.0949 e. The molecule has 0 bridgehead atoms. The quantitative estimate of drug-likeness (QED) is 0.611. The highest BCUT2D eigenvalue weighted by Gasteiger charge is 2.15. The maximum Gasteiger partial charge on any atom is 0.0949 e. The molecule has 1 aliphatic rings. The summed E-state index contributed by atoms with van der Waals surface area (Å²) in [5, 5.41) is 6.47. The van der Waals surface area contributed by atoms with E-state index in [1.54, 1.807) is 0 Å². The van der Waals surface area contributed by atoms with Gasteiger partial charge in [0, 0.05) is 13.2 Å². The lowest BCUT2D eigenvalue weighted by atomic mass is 10.3. The van der Waals surface area contributed by atoms with Gasteiger partial charge >= 0.3 is 0 Å². The van der Waals surface area contributed by atoms with Crippen molar-refractivity contribution in [1.29, 1.82) is 0 Å². The Morgan fingerprint density at radius 3 is 3.33 bits per heavy atom. The van der Waals surface area contributed by atoms with Gasteiger partial charge in [-0.3, -0.25) is 0 Å². The maximum atomic E-state index is 5.38. The third-order valence-corrected chi connectivity index (χ3v) is 2.24. The summed E-state index contributed by atoms with van der Waals surface area (Å²) in [5.41, 5.74) is 0. The van der Waals surface area contributed by atoms with E-state index in [1.165, 1.54) is 0 Å². The molecule has 1 atom stereocenters. The van der Waals surface area contributed by atoms with Crippen molar-refractivity contribution in [3.8, 4) is 0 Å². The molecular formula is C8H16N2OS. The highest BCUT2D eigenvalue weighted by molar-refractivity contribution is 7.80. The number of nitrogens with one attached hydrogen (secondary N) is 2. The summed E-state index contributed by atoms with van der Waals surface area (Å²) in [6, 6.07) is 0.211. The molecule has 0 aromatic carbocycles. The van der Waals surface area contributed by atoms with Crippen LogP contribution in [0.1, 0.15) is 13.3 Å². The molecule has 3 nitrogen and oxygen atoms in total. The van der Waals surface area contributed by atoms with Gasteiger partial charge in [0.15, 0.2) is 0 Å². The molecule has 70 valence electrons. The van der Waals surface area contributed by atoms with E-state index in [0.717, 1.165) is 31.1 Å². The van der Waals surface area contributed by atoms with Crippen molar-refractivity contribution in [2.24, 2.45) is 0 Å². The van der Waals surface area contributed by atoms with Crippen molar-refractivity contribution in [3.63, 3.8) is 0 Å². The van der Waals surface area contributed by atoms with Crippen LogP contribution in [0.5, 0.6) is 0 Å². The lowest BCUT2D eigenvalue weighted by Gasteiger charge is -2.16. The van der Waals surface area contributed by atoms with Crippen LogP contribution >= 0.6 is 12.2 Å². The van der Waals surface area contributed by atoms with Crippen LogP contribution in [0.2, 0.25) is 0 Å². The van der Waals surface area contributed by atoms with Gasteiger partial charge in [-0.1, -0.05) is 12.2 Å². The highest BCUT2D eigenvalue weighted by Crippen LogP contribution is 1.96. The Hall–Kier alpha value is -0.190. The van der Waals surface area contributed by atoms with Gasteiger partial charge < -0.3 is 15.4 Å². The second-order valence-corrected chi connectivity index (χ2v) is 3.27. The van der Waals surface area contributed by atoms with E-state index in [9.17, 15) is 0 Å². The number of hydrogen-bond donors (Lipinski definition) is 2. The molecule has 0 radical (unpaired) electrons. The van der Waals surface area contributed by atoms with Crippen molar-refractivity contribution in [2.45, 2.75) is 19.4 Å². The number of ether oxygens (including phenoxy) is 1. The monoisotopic (exact) mass is 188 g/mol. The van der Waals surface area contributed by atoms with Crippen LogP contribution in [0.25, 0.3) is 0 Å². The van der Waals surface area contributed by atoms with Crippen LogP contribution in [0.4, 0.5) is 0 Å². The number of rotatable bonds is 2. The summed E-state index contributed by atoms with van der Waals surface area (Å²) < 4.78 is 5.38. The third kappa shape index (κ3) is 3.05. The van der Waals surface area contributed by atoms with Crippen molar-refractivity contribution < 1.29 is 4.74 Å². The number of likely N-dealkylation sites (N-methyl/N-ethyl adjacent to an activating group) is 1. The zero-order chi connectivity index (χ0) is 8.81. The van der Waals surface area contributed by atoms with Gasteiger partial charge in [0.2, 0.25) is 0 Å². The molecule has 1 saturated heterocycles. The molecule has 0 saturated carbocycles. The Balaban J connectivity index is 2.32. The van der Waals surface area contributed by atoms with E-state index in [-0.39, 0.29) is 6.04 Å². The molecule has 1 aliphatic heterocycles. The minimum Gasteiger partial charge on any atom is -0.379 e. The third-order valence-electron chi connectivity index (χ3n) is 1.81. The van der Waals surface area contributed by atoms with Gasteiger partial charge in [0.1, 0.15) is 0 Å². The summed E-state index contributed by atoms with van der Waals surface area (Å²) in [5.74, 6) is 0. The molecule has 4 heteroatoms. The summed E-state index contributed by atoms with van der Waals surface area (Å²) in [7, 11) is 0. The standard InChI is InChI=1S/C8H16N2OS/c1-2-9-8(12)7-6-11-5-3-4-10-7/h7,10H,2-6H2,1H3,(H,9,12)/t7-/m0/s1. The SMILES string of the molecule is CCNC(=S)[C@@H]1COCCCN1. The predicted molar refractivity (Wildman–Crippen MR) is 53.5 cm³/mol. The van der Waals surface area contributed by atoms with Crippen LogP contribution in [0.15, 0.2) is 0 Å². The summed E-state index contributed by atoms with van der Waals surface area (Å²) in [6.45, 7) is 5.47. The fourth-order valence-corrected chi connectivity index (χ4v) is 1.47. The molecule has 0 unspecified atom stereocenters. The maximum absolute atomic E-state index is 5.38. The van der Waals surface area contributed by atoms with Crippen molar-refractivity contribution in [2.75, 3.05) is 26.3 Å². The van der Waals surface area contributed by atoms with Gasteiger partial charge in [0.25, 0.3) is 0 Å². The van der Waals surface area contributed by atoms with Crippen LogP contribution in [-0.4, -0.2) is 37.3 Å². The Bertz CT molecular complexity index is 144. The first-order valence-electron chi connectivity index (χ1n) is 4.43. The van der Waals surface area contributed by atoms with Crippen LogP contribution in [0.3, 0.4) is 0 Å². The van der Waals surface area contributed by atoms with Crippen LogP contribution < -0.4 is 10.6 Å². The van der Waals surface area contributed by atoms with Crippen LogP contribution in [0, 0.1) is 0 Å². The van der Waals surface area contributed by atoms with E-state index in [4.69, 9.17) is 17.0 Å². The molecule has 12 heavy (non-hydrogen) atoms. The summed E-state index contributed by atoms with van der Waals surface area (Å²) in [6.07, 6.45) is 1.07. The van der Waals surface area contributed by atoms with E-state index in [1.807, 2.05) is 6.92 Å². The second-order valence-electron chi connectivity index (χ2n) is 2.83. The largest absolute Gasteiger partial charge is 0.379 e. The number of thiocarbonyl (C=S) groups is 1. The Morgan fingerprint density at radius 2 is 2.58 bits per heavy atom. The first kappa shape index (κ1) is 9.89. The molecule has 0 spiro atoms. The summed E-state index contributed by atoms with van der Waals surface area (Å²) >= 11 is 5.18. The minimum absolute atomic E-state index is 0.211. The molecular weight excluding hydrogens is 172 g/mol. The van der Waals surface area contributed by atoms with Crippen molar-refractivity contribution >= 4 is 17.2 Å². The fourth-order valence-electron chi connectivity index (χ4n) is 1.18. The average molecular weight is 188 g/mol. The molecule has 1 heterocycles. The molecule has 0 amide bonds. The van der Waals surface area contributed by atoms with Crippen molar-refractivity contribution in [3.05, 3.63) is 0 Å². The van der Waals surface area contributed by atoms with Gasteiger partial charge in [-0.05, 0) is 19.9 Å². The topological polar surface area (TPSA) is 33.3 Å². The first-order valence-corrected chi connectivity index (χ1v) is 4.84. The van der Waals surface area contributed by atoms with Crippen molar-refractivity contribution in [1.82, 2.24) is 10.6 Å². The molecule has 1 fully saturated rings. The van der Waals surface area contributed by atoms with E-state index in [2.05, 4.69) is 10.6 Å². The molecule has 0 aliphatic carbocycles. The van der Waals surface area contributed by atoms with Gasteiger partial charge in [-0.25, -0.2) is 0 Å². The predicted octanol–water partition coefficient (Wildman–Crippen LogP) is 0.302. The van der Waals surface area contributed by atoms with E-state index in [0.29, 0.717) is 6.61 Å². The Kier molecular flexibility index (Phi) is 4.50. The first-order chi connectivity index (χ1) is 5.84. The minimum atomic E-state index is 0.211. The molecule has 0 aromatic heterocycles. The highest BCUT2D eigenvalue weighted by atomic mass is 32.1. The van der Waals surface area contributed by atoms with Gasteiger partial charge in [-0.15, -0.1) is 0 Å². The Labute approximate surface area is 78.9 Å². The molecule has 2 N–H and O–H groups in total. The lowest BCUT2D eigenvalue weighted by molar-refractivity contribution is 0.143. The Morgan fingerprint density at radius 1 is 1.75 bits per heavy atom. The zero-order valence-electron chi connectivity index (χ0n) is 7.43.